The summed E-state index contributed by atoms with van der Waals surface area (Å²) < 4.78 is 3.91. The number of hydroxylamine groups is 2. The third-order valence-corrected chi connectivity index (χ3v) is 6.70. The molecule has 2 aromatic carbocycles. The van der Waals surface area contributed by atoms with E-state index in [1.54, 1.807) is 24.6 Å². The van der Waals surface area contributed by atoms with Crippen LogP contribution in [0, 0.1) is 0 Å². The van der Waals surface area contributed by atoms with Crippen molar-refractivity contribution in [3.8, 4) is 0 Å². The standard InChI is InChI=1S/C26H28N4O6/c1-16(13-31)30-20-12-28(11-18-9-6-8-17-7-4-5-10-19(17)18)22(21(20)23(32)27(3)25(30)34)24(33)29-14-26(2,35)15-36-29/h4-10,12,16,31,35H,11,13-15H2,1-3H3/t16-,26?/m0/s1. The maximum absolute atomic E-state index is 13.8. The van der Waals surface area contributed by atoms with Crippen molar-refractivity contribution in [2.24, 2.45) is 7.05 Å². The average molecular weight is 493 g/mol. The van der Waals surface area contributed by atoms with Crippen LogP contribution in [0.15, 0.2) is 58.3 Å². The first-order valence-corrected chi connectivity index (χ1v) is 11.7. The third-order valence-electron chi connectivity index (χ3n) is 6.70. The van der Waals surface area contributed by atoms with Gasteiger partial charge in [0.05, 0.1) is 30.1 Å². The third kappa shape index (κ3) is 3.83. The van der Waals surface area contributed by atoms with E-state index in [-0.39, 0.29) is 42.9 Å². The molecule has 2 atom stereocenters. The van der Waals surface area contributed by atoms with Crippen molar-refractivity contribution in [1.29, 1.82) is 0 Å². The highest BCUT2D eigenvalue weighted by Gasteiger charge is 2.38. The first-order valence-electron chi connectivity index (χ1n) is 11.7. The summed E-state index contributed by atoms with van der Waals surface area (Å²) in [6.45, 7) is 3.00. The summed E-state index contributed by atoms with van der Waals surface area (Å²) in [5, 5.41) is 23.3. The van der Waals surface area contributed by atoms with E-state index in [0.717, 1.165) is 26.0 Å². The fourth-order valence-electron chi connectivity index (χ4n) is 4.80. The van der Waals surface area contributed by atoms with Crippen LogP contribution >= 0.6 is 0 Å². The van der Waals surface area contributed by atoms with Gasteiger partial charge in [-0.15, -0.1) is 0 Å². The molecule has 0 aliphatic carbocycles. The first kappa shape index (κ1) is 24.0. The van der Waals surface area contributed by atoms with E-state index in [0.29, 0.717) is 0 Å². The summed E-state index contributed by atoms with van der Waals surface area (Å²) in [6.07, 6.45) is 1.60. The molecule has 5 rings (SSSR count). The summed E-state index contributed by atoms with van der Waals surface area (Å²) in [7, 11) is 1.35. The van der Waals surface area contributed by atoms with E-state index in [1.165, 1.54) is 11.6 Å². The lowest BCUT2D eigenvalue weighted by Crippen LogP contribution is -2.40. The lowest BCUT2D eigenvalue weighted by Gasteiger charge is -2.18. The molecular weight excluding hydrogens is 464 g/mol. The van der Waals surface area contributed by atoms with Gasteiger partial charge >= 0.3 is 5.69 Å². The van der Waals surface area contributed by atoms with Gasteiger partial charge in [-0.2, -0.15) is 0 Å². The van der Waals surface area contributed by atoms with Crippen molar-refractivity contribution >= 4 is 27.6 Å². The Labute approximate surface area is 206 Å². The highest BCUT2D eigenvalue weighted by atomic mass is 16.7. The molecule has 36 heavy (non-hydrogen) atoms. The summed E-state index contributed by atoms with van der Waals surface area (Å²) in [6, 6.07) is 13.1. The number of aliphatic hydroxyl groups excluding tert-OH is 1. The smallest absolute Gasteiger partial charge is 0.331 e. The van der Waals surface area contributed by atoms with Gasteiger partial charge in [-0.1, -0.05) is 42.5 Å². The van der Waals surface area contributed by atoms with Gasteiger partial charge in [0, 0.05) is 19.8 Å². The second-order valence-electron chi connectivity index (χ2n) is 9.66. The predicted octanol–water partition coefficient (Wildman–Crippen LogP) is 1.39. The summed E-state index contributed by atoms with van der Waals surface area (Å²) >= 11 is 0. The van der Waals surface area contributed by atoms with Crippen LogP contribution in [0.5, 0.6) is 0 Å². The number of hydrogen-bond acceptors (Lipinski definition) is 6. The molecule has 4 aromatic rings. The molecule has 10 nitrogen and oxygen atoms in total. The topological polar surface area (TPSA) is 119 Å². The van der Waals surface area contributed by atoms with Gasteiger partial charge < -0.3 is 14.8 Å². The quantitative estimate of drug-likeness (QED) is 0.435. The number of hydrogen-bond donors (Lipinski definition) is 2. The highest BCUT2D eigenvalue weighted by molar-refractivity contribution is 6.05. The Morgan fingerprint density at radius 2 is 1.89 bits per heavy atom. The van der Waals surface area contributed by atoms with Crippen LogP contribution < -0.4 is 11.2 Å². The van der Waals surface area contributed by atoms with Crippen LogP contribution in [-0.4, -0.2) is 60.2 Å². The largest absolute Gasteiger partial charge is 0.394 e. The summed E-state index contributed by atoms with van der Waals surface area (Å²) in [4.78, 5) is 45.6. The maximum atomic E-state index is 13.8. The molecule has 1 fully saturated rings. The normalized spacial score (nSPS) is 18.9. The molecule has 0 bridgehead atoms. The monoisotopic (exact) mass is 492 g/mol. The number of amides is 1. The minimum atomic E-state index is -1.23. The number of β-amino-alcohol motifs (C(OH)–C–C–N with tert-alkyl or cyclic N) is 1. The second kappa shape index (κ2) is 8.74. The Morgan fingerprint density at radius 3 is 2.58 bits per heavy atom. The number of carbonyl (C=O) groups is 1. The lowest BCUT2D eigenvalue weighted by atomic mass is 10.0. The maximum Gasteiger partial charge on any atom is 0.331 e. The van der Waals surface area contributed by atoms with Crippen LogP contribution in [0.25, 0.3) is 21.7 Å². The molecule has 0 spiro atoms. The van der Waals surface area contributed by atoms with E-state index in [9.17, 15) is 24.6 Å². The minimum absolute atomic E-state index is 0.0510. The zero-order valence-corrected chi connectivity index (χ0v) is 20.3. The molecule has 0 radical (unpaired) electrons. The summed E-state index contributed by atoms with van der Waals surface area (Å²) in [5.41, 5.74) is -1.22. The number of carbonyl (C=O) groups excluding carboxylic acids is 1. The molecule has 2 N–H and O–H groups in total. The van der Waals surface area contributed by atoms with E-state index in [2.05, 4.69) is 0 Å². The van der Waals surface area contributed by atoms with Crippen LogP contribution in [0.3, 0.4) is 0 Å². The summed E-state index contributed by atoms with van der Waals surface area (Å²) in [5.74, 6) is -0.595. The van der Waals surface area contributed by atoms with Crippen molar-refractivity contribution in [1.82, 2.24) is 18.8 Å². The SMILES string of the molecule is C[C@@H](CO)n1c(=O)n(C)c(=O)c2c(C(=O)N3CC(C)(O)CO3)n(Cc3cccc4ccccc34)cc21. The van der Waals surface area contributed by atoms with E-state index < -0.39 is 28.8 Å². The number of rotatable bonds is 5. The van der Waals surface area contributed by atoms with Gasteiger partial charge in [0.15, 0.2) is 0 Å². The van der Waals surface area contributed by atoms with Gasteiger partial charge in [0.25, 0.3) is 11.5 Å². The first-order chi connectivity index (χ1) is 17.1. The zero-order valence-electron chi connectivity index (χ0n) is 20.3. The van der Waals surface area contributed by atoms with Crippen molar-refractivity contribution in [2.45, 2.75) is 32.0 Å². The Kier molecular flexibility index (Phi) is 5.82. The van der Waals surface area contributed by atoms with Gasteiger partial charge in [-0.3, -0.25) is 23.6 Å². The average Bonchev–Trinajstić information content (AvgIpc) is 3.42. The minimum Gasteiger partial charge on any atom is -0.394 e. The van der Waals surface area contributed by atoms with Crippen molar-refractivity contribution in [3.05, 3.63) is 80.8 Å². The number of aromatic nitrogens is 3. The van der Waals surface area contributed by atoms with Gasteiger partial charge in [0.2, 0.25) is 0 Å². The molecule has 1 amide bonds. The molecule has 3 heterocycles. The van der Waals surface area contributed by atoms with Crippen molar-refractivity contribution in [3.63, 3.8) is 0 Å². The van der Waals surface area contributed by atoms with Crippen LogP contribution in [-0.2, 0) is 18.4 Å². The number of aliphatic hydroxyl groups is 2. The zero-order chi connectivity index (χ0) is 25.8. The number of nitrogens with zero attached hydrogens (tertiary/aromatic N) is 4. The van der Waals surface area contributed by atoms with E-state index in [4.69, 9.17) is 4.84 Å². The highest BCUT2D eigenvalue weighted by Crippen LogP contribution is 2.27. The van der Waals surface area contributed by atoms with Gasteiger partial charge in [-0.05, 0) is 30.2 Å². The molecule has 1 aliphatic heterocycles. The van der Waals surface area contributed by atoms with Crippen LogP contribution in [0.4, 0.5) is 0 Å². The molecule has 1 unspecified atom stereocenters. The Hall–Kier alpha value is -3.73. The Balaban J connectivity index is 1.79. The number of benzene rings is 2. The number of fused-ring (bicyclic) bond motifs is 2. The molecule has 1 aliphatic rings. The second-order valence-corrected chi connectivity index (χ2v) is 9.66. The van der Waals surface area contributed by atoms with Crippen LogP contribution in [0.1, 0.15) is 35.9 Å². The van der Waals surface area contributed by atoms with E-state index >= 15 is 0 Å². The van der Waals surface area contributed by atoms with Crippen molar-refractivity contribution in [2.75, 3.05) is 19.8 Å². The molecule has 10 heteroatoms. The molecular formula is C26H28N4O6. The van der Waals surface area contributed by atoms with Crippen molar-refractivity contribution < 1.29 is 19.8 Å². The Morgan fingerprint density at radius 1 is 1.17 bits per heavy atom. The Bertz CT molecular complexity index is 1610. The van der Waals surface area contributed by atoms with Gasteiger partial charge in [-0.25, -0.2) is 9.86 Å². The van der Waals surface area contributed by atoms with Gasteiger partial charge in [0.1, 0.15) is 17.9 Å². The fourth-order valence-corrected chi connectivity index (χ4v) is 4.80. The van der Waals surface area contributed by atoms with Crippen LogP contribution in [0.2, 0.25) is 0 Å². The molecule has 0 saturated carbocycles. The lowest BCUT2D eigenvalue weighted by molar-refractivity contribution is -0.0801. The fraction of sp³-hybridized carbons (Fsp3) is 0.346. The molecule has 1 saturated heterocycles. The molecule has 2 aromatic heterocycles. The van der Waals surface area contributed by atoms with E-state index in [1.807, 2.05) is 42.5 Å². The predicted molar refractivity (Wildman–Crippen MR) is 134 cm³/mol. The molecule has 188 valence electrons.